The average molecular weight is 302 g/mol. The molecule has 0 radical (unpaired) electrons. The molecule has 3 N–H and O–H groups in total. The molecule has 0 saturated heterocycles. The van der Waals surface area contributed by atoms with E-state index in [0.717, 1.165) is 0 Å². The van der Waals surface area contributed by atoms with E-state index in [1.54, 1.807) is 13.8 Å². The van der Waals surface area contributed by atoms with Crippen molar-refractivity contribution in [2.24, 2.45) is 11.8 Å². The summed E-state index contributed by atoms with van der Waals surface area (Å²) in [6.07, 6.45) is -1.89. The van der Waals surface area contributed by atoms with Gasteiger partial charge < -0.3 is 15.3 Å². The summed E-state index contributed by atoms with van der Waals surface area (Å²) in [5.41, 5.74) is 0. The summed E-state index contributed by atoms with van der Waals surface area (Å²) in [4.78, 5) is 34.5. The SMILES string of the molecule is CCCC(=O)[C@H](O)[C@H](C)CC(=O)[C@H](O)[C@H](C)CC(=O)CO. The normalized spacial score (nSPS) is 16.9. The van der Waals surface area contributed by atoms with Crippen LogP contribution in [0, 0.1) is 11.8 Å². The molecule has 4 atom stereocenters. The highest BCUT2D eigenvalue weighted by Crippen LogP contribution is 2.17. The summed E-state index contributed by atoms with van der Waals surface area (Å²) in [6.45, 7) is 4.32. The Labute approximate surface area is 125 Å². The van der Waals surface area contributed by atoms with Gasteiger partial charge >= 0.3 is 0 Å². The standard InChI is InChI=1S/C15H26O6/c1-4-5-12(18)14(20)10(3)7-13(19)15(21)9(2)6-11(17)8-16/h9-10,14-16,20-21H,4-8H2,1-3H3/t9-,10-,14-,15-/m1/s1. The number of aliphatic hydroxyl groups excluding tert-OH is 3. The lowest BCUT2D eigenvalue weighted by atomic mass is 9.88. The first-order valence-corrected chi connectivity index (χ1v) is 7.28. The van der Waals surface area contributed by atoms with Gasteiger partial charge in [0.15, 0.2) is 17.3 Å². The summed E-state index contributed by atoms with van der Waals surface area (Å²) in [7, 11) is 0. The monoisotopic (exact) mass is 302 g/mol. The van der Waals surface area contributed by atoms with Crippen LogP contribution in [0.1, 0.15) is 46.5 Å². The molecule has 0 aromatic rings. The Hall–Kier alpha value is -1.11. The molecule has 0 aliphatic carbocycles. The Kier molecular flexibility index (Phi) is 9.24. The van der Waals surface area contributed by atoms with Crippen molar-refractivity contribution in [3.8, 4) is 0 Å². The molecule has 6 nitrogen and oxygen atoms in total. The van der Waals surface area contributed by atoms with Gasteiger partial charge in [0.2, 0.25) is 0 Å². The molecule has 6 heteroatoms. The van der Waals surface area contributed by atoms with Gasteiger partial charge in [-0.05, 0) is 18.3 Å². The van der Waals surface area contributed by atoms with Crippen molar-refractivity contribution in [2.45, 2.75) is 58.7 Å². The van der Waals surface area contributed by atoms with Gasteiger partial charge in [-0.15, -0.1) is 0 Å². The zero-order valence-corrected chi connectivity index (χ0v) is 12.9. The molecule has 0 unspecified atom stereocenters. The van der Waals surface area contributed by atoms with Crippen LogP contribution in [0.15, 0.2) is 0 Å². The van der Waals surface area contributed by atoms with Crippen LogP contribution < -0.4 is 0 Å². The fourth-order valence-electron chi connectivity index (χ4n) is 2.11. The number of hydrogen-bond donors (Lipinski definition) is 3. The highest BCUT2D eigenvalue weighted by atomic mass is 16.3. The molecule has 0 aliphatic heterocycles. The van der Waals surface area contributed by atoms with Crippen LogP contribution >= 0.6 is 0 Å². The molecule has 0 aromatic heterocycles. The number of carbonyl (C=O) groups is 3. The second kappa shape index (κ2) is 9.76. The van der Waals surface area contributed by atoms with E-state index >= 15 is 0 Å². The molecule has 0 aromatic carbocycles. The van der Waals surface area contributed by atoms with Crippen LogP contribution in [0.25, 0.3) is 0 Å². The van der Waals surface area contributed by atoms with Crippen molar-refractivity contribution >= 4 is 17.3 Å². The summed E-state index contributed by atoms with van der Waals surface area (Å²) < 4.78 is 0. The number of Topliss-reactive ketones (excluding diaryl/α,β-unsaturated/α-hetero) is 3. The Morgan fingerprint density at radius 2 is 1.38 bits per heavy atom. The fraction of sp³-hybridized carbons (Fsp3) is 0.800. The van der Waals surface area contributed by atoms with Gasteiger partial charge in [0, 0.05) is 19.3 Å². The third-order valence-corrected chi connectivity index (χ3v) is 3.48. The van der Waals surface area contributed by atoms with E-state index in [9.17, 15) is 24.6 Å². The van der Waals surface area contributed by atoms with Crippen LogP contribution in [0.3, 0.4) is 0 Å². The average Bonchev–Trinajstić information content (AvgIpc) is 2.45. The van der Waals surface area contributed by atoms with E-state index in [-0.39, 0.29) is 25.0 Å². The number of carbonyl (C=O) groups excluding carboxylic acids is 3. The van der Waals surface area contributed by atoms with Crippen LogP contribution in [-0.4, -0.2) is 51.5 Å². The van der Waals surface area contributed by atoms with Crippen LogP contribution in [0.5, 0.6) is 0 Å². The topological polar surface area (TPSA) is 112 Å². The highest BCUT2D eigenvalue weighted by Gasteiger charge is 2.29. The Morgan fingerprint density at radius 3 is 1.86 bits per heavy atom. The molecule has 0 aliphatic rings. The molecule has 0 bridgehead atoms. The predicted molar refractivity (Wildman–Crippen MR) is 76.6 cm³/mol. The summed E-state index contributed by atoms with van der Waals surface area (Å²) in [5, 5.41) is 28.3. The molecular weight excluding hydrogens is 276 g/mol. The van der Waals surface area contributed by atoms with Crippen LogP contribution in [-0.2, 0) is 14.4 Å². The fourth-order valence-corrected chi connectivity index (χ4v) is 2.11. The van der Waals surface area contributed by atoms with E-state index in [0.29, 0.717) is 6.42 Å². The minimum absolute atomic E-state index is 0.0882. The van der Waals surface area contributed by atoms with E-state index in [2.05, 4.69) is 0 Å². The van der Waals surface area contributed by atoms with Gasteiger partial charge in [-0.25, -0.2) is 0 Å². The maximum Gasteiger partial charge on any atom is 0.161 e. The first-order valence-electron chi connectivity index (χ1n) is 7.28. The van der Waals surface area contributed by atoms with E-state index in [1.807, 2.05) is 6.92 Å². The predicted octanol–water partition coefficient (Wildman–Crippen LogP) is 0.260. The quantitative estimate of drug-likeness (QED) is 0.505. The van der Waals surface area contributed by atoms with Crippen LogP contribution in [0.4, 0.5) is 0 Å². The second-order valence-electron chi connectivity index (χ2n) is 5.63. The summed E-state index contributed by atoms with van der Waals surface area (Å²) in [5.74, 6) is -2.44. The molecule has 0 fully saturated rings. The van der Waals surface area contributed by atoms with Crippen molar-refractivity contribution < 1.29 is 29.7 Å². The largest absolute Gasteiger partial charge is 0.389 e. The van der Waals surface area contributed by atoms with Crippen molar-refractivity contribution in [3.63, 3.8) is 0 Å². The van der Waals surface area contributed by atoms with E-state index in [1.165, 1.54) is 0 Å². The first-order chi connectivity index (χ1) is 9.74. The van der Waals surface area contributed by atoms with E-state index in [4.69, 9.17) is 5.11 Å². The van der Waals surface area contributed by atoms with E-state index < -0.39 is 42.2 Å². The molecule has 0 heterocycles. The Morgan fingerprint density at radius 1 is 0.905 bits per heavy atom. The first kappa shape index (κ1) is 19.9. The maximum atomic E-state index is 11.9. The highest BCUT2D eigenvalue weighted by molar-refractivity contribution is 5.87. The molecule has 0 rings (SSSR count). The second-order valence-corrected chi connectivity index (χ2v) is 5.63. The minimum atomic E-state index is -1.34. The number of hydrogen-bond acceptors (Lipinski definition) is 6. The van der Waals surface area contributed by atoms with Gasteiger partial charge in [0.25, 0.3) is 0 Å². The molecule has 0 spiro atoms. The van der Waals surface area contributed by atoms with Crippen molar-refractivity contribution in [1.82, 2.24) is 0 Å². The smallest absolute Gasteiger partial charge is 0.161 e. The lowest BCUT2D eigenvalue weighted by Crippen LogP contribution is -2.35. The Balaban J connectivity index is 4.45. The number of ketones is 3. The van der Waals surface area contributed by atoms with Gasteiger partial charge in [0.05, 0.1) is 0 Å². The number of aliphatic hydroxyl groups is 3. The lowest BCUT2D eigenvalue weighted by Gasteiger charge is -2.21. The molecule has 21 heavy (non-hydrogen) atoms. The third-order valence-electron chi connectivity index (χ3n) is 3.48. The molecule has 0 amide bonds. The molecule has 0 saturated carbocycles. The van der Waals surface area contributed by atoms with Crippen LogP contribution in [0.2, 0.25) is 0 Å². The maximum absolute atomic E-state index is 11.9. The summed E-state index contributed by atoms with van der Waals surface area (Å²) in [6, 6.07) is 0. The van der Waals surface area contributed by atoms with Crippen molar-refractivity contribution in [1.29, 1.82) is 0 Å². The molecule has 122 valence electrons. The van der Waals surface area contributed by atoms with Gasteiger partial charge in [-0.3, -0.25) is 14.4 Å². The van der Waals surface area contributed by atoms with Crippen molar-refractivity contribution in [3.05, 3.63) is 0 Å². The number of rotatable bonds is 11. The minimum Gasteiger partial charge on any atom is -0.389 e. The summed E-state index contributed by atoms with van der Waals surface area (Å²) >= 11 is 0. The Bertz CT molecular complexity index is 365. The zero-order valence-electron chi connectivity index (χ0n) is 12.9. The van der Waals surface area contributed by atoms with Gasteiger partial charge in [-0.2, -0.15) is 0 Å². The van der Waals surface area contributed by atoms with Gasteiger partial charge in [-0.1, -0.05) is 20.8 Å². The lowest BCUT2D eigenvalue weighted by molar-refractivity contribution is -0.135. The molecular formula is C15H26O6. The van der Waals surface area contributed by atoms with Crippen molar-refractivity contribution in [2.75, 3.05) is 6.61 Å². The third kappa shape index (κ3) is 6.93. The zero-order chi connectivity index (χ0) is 16.6. The van der Waals surface area contributed by atoms with Gasteiger partial charge in [0.1, 0.15) is 18.8 Å².